The van der Waals surface area contributed by atoms with Gasteiger partial charge in [-0.15, -0.1) is 0 Å². The lowest BCUT2D eigenvalue weighted by Crippen LogP contribution is -2.09. The maximum Gasteiger partial charge on any atom is 0.338 e. The predicted octanol–water partition coefficient (Wildman–Crippen LogP) is 3.63. The molecule has 0 saturated carbocycles. The van der Waals surface area contributed by atoms with Crippen LogP contribution in [0, 0.1) is 0 Å². The van der Waals surface area contributed by atoms with Crippen molar-refractivity contribution in [1.29, 1.82) is 0 Å². The number of methoxy groups -OCH3 is 1. The summed E-state index contributed by atoms with van der Waals surface area (Å²) in [6, 6.07) is 11.3. The van der Waals surface area contributed by atoms with Crippen LogP contribution in [0.1, 0.15) is 22.8 Å². The van der Waals surface area contributed by atoms with Crippen LogP contribution in [0.4, 0.5) is 5.69 Å². The molecule has 0 fully saturated rings. The number of carbonyl (C=O) groups is 2. The summed E-state index contributed by atoms with van der Waals surface area (Å²) in [7, 11) is 1.45. The smallest absolute Gasteiger partial charge is 0.338 e. The Morgan fingerprint density at radius 2 is 1.88 bits per heavy atom. The minimum atomic E-state index is -1.05. The van der Waals surface area contributed by atoms with Gasteiger partial charge in [0.2, 0.25) is 0 Å². The van der Waals surface area contributed by atoms with E-state index in [1.54, 1.807) is 43.3 Å². The van der Waals surface area contributed by atoms with E-state index in [-0.39, 0.29) is 16.9 Å². The molecule has 1 N–H and O–H groups in total. The van der Waals surface area contributed by atoms with Gasteiger partial charge in [0, 0.05) is 11.8 Å². The second-order valence-corrected chi connectivity index (χ2v) is 5.16. The standard InChI is InChI=1S/C19H17NO5/c1-12(2)19(23)25-16-9-8-13(10-17(16)24-3)11-20-15-7-5-4-6-14(15)18(21)22/h4-11H,1H2,2-3H3,(H,21,22). The summed E-state index contributed by atoms with van der Waals surface area (Å²) in [6.45, 7) is 5.08. The summed E-state index contributed by atoms with van der Waals surface area (Å²) < 4.78 is 10.4. The van der Waals surface area contributed by atoms with Gasteiger partial charge in [-0.2, -0.15) is 0 Å². The number of benzene rings is 2. The largest absolute Gasteiger partial charge is 0.493 e. The molecule has 0 heterocycles. The minimum Gasteiger partial charge on any atom is -0.493 e. The Labute approximate surface area is 145 Å². The van der Waals surface area contributed by atoms with Gasteiger partial charge in [0.25, 0.3) is 0 Å². The number of aliphatic imine (C=N–C) groups is 1. The Morgan fingerprint density at radius 1 is 1.16 bits per heavy atom. The topological polar surface area (TPSA) is 85.2 Å². The van der Waals surface area contributed by atoms with Gasteiger partial charge in [-0.3, -0.25) is 4.99 Å². The molecule has 0 aliphatic rings. The van der Waals surface area contributed by atoms with Crippen LogP contribution in [-0.2, 0) is 4.79 Å². The van der Waals surface area contributed by atoms with Gasteiger partial charge in [-0.05, 0) is 42.8 Å². The maximum atomic E-state index is 11.6. The van der Waals surface area contributed by atoms with Crippen LogP contribution in [0.2, 0.25) is 0 Å². The molecule has 6 heteroatoms. The number of hydrogen-bond acceptors (Lipinski definition) is 5. The van der Waals surface area contributed by atoms with E-state index < -0.39 is 11.9 Å². The van der Waals surface area contributed by atoms with E-state index in [0.29, 0.717) is 17.0 Å². The van der Waals surface area contributed by atoms with Crippen molar-refractivity contribution in [3.05, 3.63) is 65.7 Å². The fourth-order valence-electron chi connectivity index (χ4n) is 1.95. The molecule has 0 unspecified atom stereocenters. The quantitative estimate of drug-likeness (QED) is 0.376. The zero-order valence-electron chi connectivity index (χ0n) is 13.9. The molecule has 0 aliphatic carbocycles. The number of hydrogen-bond donors (Lipinski definition) is 1. The van der Waals surface area contributed by atoms with Gasteiger partial charge in [0.1, 0.15) is 0 Å². The van der Waals surface area contributed by atoms with Crippen LogP contribution >= 0.6 is 0 Å². The first kappa shape index (κ1) is 17.9. The van der Waals surface area contributed by atoms with Crippen molar-refractivity contribution >= 4 is 23.8 Å². The van der Waals surface area contributed by atoms with Gasteiger partial charge in [0.15, 0.2) is 11.5 Å². The van der Waals surface area contributed by atoms with E-state index in [1.165, 1.54) is 19.4 Å². The molecule has 0 spiro atoms. The van der Waals surface area contributed by atoms with E-state index >= 15 is 0 Å². The highest BCUT2D eigenvalue weighted by atomic mass is 16.6. The monoisotopic (exact) mass is 339 g/mol. The zero-order chi connectivity index (χ0) is 18.4. The van der Waals surface area contributed by atoms with Crippen LogP contribution in [0.25, 0.3) is 0 Å². The molecule has 0 aromatic heterocycles. The highest BCUT2D eigenvalue weighted by molar-refractivity contribution is 5.95. The number of carboxylic acids is 1. The molecule has 0 bridgehead atoms. The highest BCUT2D eigenvalue weighted by Gasteiger charge is 2.11. The summed E-state index contributed by atoms with van der Waals surface area (Å²) in [6.07, 6.45) is 1.51. The Kier molecular flexibility index (Phi) is 5.68. The van der Waals surface area contributed by atoms with Crippen molar-refractivity contribution in [2.75, 3.05) is 7.11 Å². The summed E-state index contributed by atoms with van der Waals surface area (Å²) >= 11 is 0. The Morgan fingerprint density at radius 3 is 2.52 bits per heavy atom. The first-order chi connectivity index (χ1) is 11.9. The summed E-state index contributed by atoms with van der Waals surface area (Å²) in [5, 5.41) is 9.16. The van der Waals surface area contributed by atoms with E-state index in [2.05, 4.69) is 11.6 Å². The SMILES string of the molecule is C=C(C)C(=O)Oc1ccc(C=Nc2ccccc2C(=O)O)cc1OC. The Hall–Kier alpha value is -3.41. The fraction of sp³-hybridized carbons (Fsp3) is 0.105. The van der Waals surface area contributed by atoms with E-state index in [1.807, 2.05) is 0 Å². The molecule has 2 rings (SSSR count). The third-order valence-electron chi connectivity index (χ3n) is 3.23. The lowest BCUT2D eigenvalue weighted by Gasteiger charge is -2.09. The molecule has 0 saturated heterocycles. The van der Waals surface area contributed by atoms with Gasteiger partial charge in [-0.1, -0.05) is 18.7 Å². The number of rotatable bonds is 6. The number of para-hydroxylation sites is 1. The van der Waals surface area contributed by atoms with Crippen LogP contribution in [0.3, 0.4) is 0 Å². The molecule has 0 radical (unpaired) electrons. The van der Waals surface area contributed by atoms with E-state index in [9.17, 15) is 9.59 Å². The van der Waals surface area contributed by atoms with Gasteiger partial charge in [-0.25, -0.2) is 9.59 Å². The Balaban J connectivity index is 2.28. The van der Waals surface area contributed by atoms with Crippen molar-refractivity contribution in [1.82, 2.24) is 0 Å². The third kappa shape index (κ3) is 4.54. The van der Waals surface area contributed by atoms with Crippen molar-refractivity contribution in [3.63, 3.8) is 0 Å². The lowest BCUT2D eigenvalue weighted by molar-refractivity contribution is -0.130. The van der Waals surface area contributed by atoms with Gasteiger partial charge < -0.3 is 14.6 Å². The second-order valence-electron chi connectivity index (χ2n) is 5.16. The Bertz CT molecular complexity index is 855. The summed E-state index contributed by atoms with van der Waals surface area (Å²) in [4.78, 5) is 27.0. The number of carbonyl (C=O) groups excluding carboxylic acids is 1. The molecule has 0 atom stereocenters. The normalized spacial score (nSPS) is 10.5. The van der Waals surface area contributed by atoms with E-state index in [4.69, 9.17) is 14.6 Å². The van der Waals surface area contributed by atoms with Crippen LogP contribution in [-0.4, -0.2) is 30.4 Å². The zero-order valence-corrected chi connectivity index (χ0v) is 13.9. The third-order valence-corrected chi connectivity index (χ3v) is 3.23. The van der Waals surface area contributed by atoms with Crippen LogP contribution < -0.4 is 9.47 Å². The average Bonchev–Trinajstić information content (AvgIpc) is 2.60. The number of esters is 1. The number of ether oxygens (including phenoxy) is 2. The minimum absolute atomic E-state index is 0.109. The summed E-state index contributed by atoms with van der Waals surface area (Å²) in [5.74, 6) is -0.980. The molecule has 6 nitrogen and oxygen atoms in total. The molecule has 2 aromatic carbocycles. The molecule has 2 aromatic rings. The predicted molar refractivity (Wildman–Crippen MR) is 94.1 cm³/mol. The highest BCUT2D eigenvalue weighted by Crippen LogP contribution is 2.28. The second kappa shape index (κ2) is 7.92. The number of nitrogens with zero attached hydrogens (tertiary/aromatic N) is 1. The van der Waals surface area contributed by atoms with Crippen molar-refractivity contribution in [2.45, 2.75) is 6.92 Å². The van der Waals surface area contributed by atoms with Crippen LogP contribution in [0.5, 0.6) is 11.5 Å². The molecule has 25 heavy (non-hydrogen) atoms. The molecular weight excluding hydrogens is 322 g/mol. The maximum absolute atomic E-state index is 11.6. The van der Waals surface area contributed by atoms with Crippen molar-refractivity contribution < 1.29 is 24.2 Å². The van der Waals surface area contributed by atoms with Crippen LogP contribution in [0.15, 0.2) is 59.6 Å². The first-order valence-corrected chi connectivity index (χ1v) is 7.34. The average molecular weight is 339 g/mol. The lowest BCUT2D eigenvalue weighted by atomic mass is 10.2. The van der Waals surface area contributed by atoms with Gasteiger partial charge in [0.05, 0.1) is 18.4 Å². The van der Waals surface area contributed by atoms with E-state index in [0.717, 1.165) is 0 Å². The number of aromatic carboxylic acids is 1. The number of carboxylic acid groups (broad SMARTS) is 1. The van der Waals surface area contributed by atoms with Crippen molar-refractivity contribution in [2.24, 2.45) is 4.99 Å². The van der Waals surface area contributed by atoms with Crippen molar-refractivity contribution in [3.8, 4) is 11.5 Å². The van der Waals surface area contributed by atoms with Gasteiger partial charge >= 0.3 is 11.9 Å². The molecular formula is C19H17NO5. The molecule has 128 valence electrons. The first-order valence-electron chi connectivity index (χ1n) is 7.34. The fourth-order valence-corrected chi connectivity index (χ4v) is 1.95. The molecule has 0 aliphatic heterocycles. The molecule has 0 amide bonds. The summed E-state index contributed by atoms with van der Waals surface area (Å²) in [5.41, 5.74) is 1.38.